The molecule has 0 spiro atoms. The smallest absolute Gasteiger partial charge is 0.319 e. The lowest BCUT2D eigenvalue weighted by Crippen LogP contribution is -2.39. The normalized spacial score (nSPS) is 11.9. The van der Waals surface area contributed by atoms with Crippen LogP contribution in [0.3, 0.4) is 0 Å². The van der Waals surface area contributed by atoms with Crippen molar-refractivity contribution in [1.82, 2.24) is 10.6 Å². The molecular formula is C11H16ClN3O. The van der Waals surface area contributed by atoms with Gasteiger partial charge in [0, 0.05) is 23.3 Å². The van der Waals surface area contributed by atoms with Gasteiger partial charge in [0.1, 0.15) is 0 Å². The minimum atomic E-state index is -0.218. The molecule has 0 aliphatic carbocycles. The lowest BCUT2D eigenvalue weighted by Gasteiger charge is -2.12. The third-order valence-electron chi connectivity index (χ3n) is 2.16. The highest BCUT2D eigenvalue weighted by atomic mass is 35.5. The van der Waals surface area contributed by atoms with E-state index >= 15 is 0 Å². The van der Waals surface area contributed by atoms with Gasteiger partial charge in [-0.1, -0.05) is 11.6 Å². The van der Waals surface area contributed by atoms with E-state index in [0.29, 0.717) is 11.6 Å². The monoisotopic (exact) mass is 241 g/mol. The summed E-state index contributed by atoms with van der Waals surface area (Å²) in [6.07, 6.45) is 0. The van der Waals surface area contributed by atoms with Crippen LogP contribution in [0.2, 0.25) is 5.02 Å². The van der Waals surface area contributed by atoms with Gasteiger partial charge in [-0.2, -0.15) is 0 Å². The second kappa shape index (κ2) is 6.35. The molecule has 0 saturated heterocycles. The number of carbonyl (C=O) groups is 1. The van der Waals surface area contributed by atoms with E-state index in [-0.39, 0.29) is 12.1 Å². The average Bonchev–Trinajstić information content (AvgIpc) is 2.29. The maximum atomic E-state index is 11.4. The summed E-state index contributed by atoms with van der Waals surface area (Å²) in [5.74, 6) is 0. The van der Waals surface area contributed by atoms with Gasteiger partial charge in [-0.05, 0) is 38.2 Å². The Kier molecular flexibility index (Phi) is 5.08. The van der Waals surface area contributed by atoms with Gasteiger partial charge in [0.25, 0.3) is 0 Å². The molecule has 1 aromatic rings. The Morgan fingerprint density at radius 2 is 2.00 bits per heavy atom. The maximum Gasteiger partial charge on any atom is 0.319 e. The molecule has 0 aliphatic heterocycles. The minimum absolute atomic E-state index is 0.218. The Morgan fingerprint density at radius 1 is 1.38 bits per heavy atom. The number of halogens is 1. The lowest BCUT2D eigenvalue weighted by molar-refractivity contribution is 0.251. The van der Waals surface area contributed by atoms with E-state index < -0.39 is 0 Å². The molecule has 0 bridgehead atoms. The largest absolute Gasteiger partial charge is 0.336 e. The van der Waals surface area contributed by atoms with E-state index in [4.69, 9.17) is 11.6 Å². The first kappa shape index (κ1) is 12.8. The van der Waals surface area contributed by atoms with Gasteiger partial charge in [-0.3, -0.25) is 0 Å². The second-order valence-electron chi connectivity index (χ2n) is 3.53. The number of carbonyl (C=O) groups excluding carboxylic acids is 1. The third kappa shape index (κ3) is 4.51. The molecule has 0 heterocycles. The zero-order valence-electron chi connectivity index (χ0n) is 9.38. The lowest BCUT2D eigenvalue weighted by atomic mass is 10.3. The van der Waals surface area contributed by atoms with Crippen molar-refractivity contribution in [3.05, 3.63) is 29.3 Å². The van der Waals surface area contributed by atoms with Crippen LogP contribution in [0.25, 0.3) is 0 Å². The van der Waals surface area contributed by atoms with Crippen molar-refractivity contribution >= 4 is 23.3 Å². The maximum absolute atomic E-state index is 11.4. The summed E-state index contributed by atoms with van der Waals surface area (Å²) in [4.78, 5) is 11.4. The molecule has 4 nitrogen and oxygen atoms in total. The van der Waals surface area contributed by atoms with Crippen LogP contribution in [0.5, 0.6) is 0 Å². The summed E-state index contributed by atoms with van der Waals surface area (Å²) >= 11 is 5.73. The molecule has 0 aliphatic rings. The average molecular weight is 242 g/mol. The first-order valence-corrected chi connectivity index (χ1v) is 5.47. The molecule has 1 aromatic carbocycles. The molecule has 5 heteroatoms. The Balaban J connectivity index is 2.37. The summed E-state index contributed by atoms with van der Waals surface area (Å²) in [6.45, 7) is 2.57. The standard InChI is InChI=1S/C11H16ClN3O/c1-8(13-2)7-14-11(16)15-10-5-3-9(12)4-6-10/h3-6,8,13H,7H2,1-2H3,(H2,14,15,16). The summed E-state index contributed by atoms with van der Waals surface area (Å²) in [5.41, 5.74) is 0.721. The predicted octanol–water partition coefficient (Wildman–Crippen LogP) is 2.07. The van der Waals surface area contributed by atoms with Crippen molar-refractivity contribution in [2.24, 2.45) is 0 Å². The molecule has 88 valence electrons. The van der Waals surface area contributed by atoms with Crippen molar-refractivity contribution in [3.8, 4) is 0 Å². The molecule has 1 unspecified atom stereocenters. The number of hydrogen-bond donors (Lipinski definition) is 3. The molecule has 0 aromatic heterocycles. The van der Waals surface area contributed by atoms with Crippen molar-refractivity contribution < 1.29 is 4.79 Å². The van der Waals surface area contributed by atoms with E-state index in [0.717, 1.165) is 5.69 Å². The fourth-order valence-electron chi connectivity index (χ4n) is 1.06. The van der Waals surface area contributed by atoms with Gasteiger partial charge in [0.2, 0.25) is 0 Å². The van der Waals surface area contributed by atoms with Crippen LogP contribution < -0.4 is 16.0 Å². The molecule has 16 heavy (non-hydrogen) atoms. The van der Waals surface area contributed by atoms with Crippen LogP contribution in [-0.4, -0.2) is 25.7 Å². The SMILES string of the molecule is CNC(C)CNC(=O)Nc1ccc(Cl)cc1. The van der Waals surface area contributed by atoms with E-state index in [1.807, 2.05) is 14.0 Å². The number of likely N-dealkylation sites (N-methyl/N-ethyl adjacent to an activating group) is 1. The Bertz CT molecular complexity index is 340. The third-order valence-corrected chi connectivity index (χ3v) is 2.42. The zero-order valence-corrected chi connectivity index (χ0v) is 10.1. The predicted molar refractivity (Wildman–Crippen MR) is 67.0 cm³/mol. The van der Waals surface area contributed by atoms with Crippen LogP contribution in [0.15, 0.2) is 24.3 Å². The van der Waals surface area contributed by atoms with Gasteiger partial charge in [-0.25, -0.2) is 4.79 Å². The molecule has 1 rings (SSSR count). The number of anilines is 1. The van der Waals surface area contributed by atoms with Gasteiger partial charge < -0.3 is 16.0 Å². The first-order chi connectivity index (χ1) is 7.61. The van der Waals surface area contributed by atoms with Crippen LogP contribution in [0.1, 0.15) is 6.92 Å². The van der Waals surface area contributed by atoms with Crippen molar-refractivity contribution in [3.63, 3.8) is 0 Å². The number of rotatable bonds is 4. The molecule has 1 atom stereocenters. The fourth-order valence-corrected chi connectivity index (χ4v) is 1.18. The minimum Gasteiger partial charge on any atom is -0.336 e. The molecule has 3 N–H and O–H groups in total. The van der Waals surface area contributed by atoms with Gasteiger partial charge >= 0.3 is 6.03 Å². The molecular weight excluding hydrogens is 226 g/mol. The Hall–Kier alpha value is -1.26. The number of hydrogen-bond acceptors (Lipinski definition) is 2. The van der Waals surface area contributed by atoms with Crippen LogP contribution in [-0.2, 0) is 0 Å². The molecule has 0 saturated carbocycles. The molecule has 0 radical (unpaired) electrons. The highest BCUT2D eigenvalue weighted by Gasteiger charge is 2.03. The van der Waals surface area contributed by atoms with Gasteiger partial charge in [0.15, 0.2) is 0 Å². The number of benzene rings is 1. The quantitative estimate of drug-likeness (QED) is 0.756. The van der Waals surface area contributed by atoms with Gasteiger partial charge in [-0.15, -0.1) is 0 Å². The number of urea groups is 1. The second-order valence-corrected chi connectivity index (χ2v) is 3.97. The van der Waals surface area contributed by atoms with Crippen LogP contribution >= 0.6 is 11.6 Å². The van der Waals surface area contributed by atoms with Crippen LogP contribution in [0, 0.1) is 0 Å². The van der Waals surface area contributed by atoms with Crippen molar-refractivity contribution in [1.29, 1.82) is 0 Å². The van der Waals surface area contributed by atoms with E-state index in [1.165, 1.54) is 0 Å². The first-order valence-electron chi connectivity index (χ1n) is 5.09. The summed E-state index contributed by atoms with van der Waals surface area (Å²) in [7, 11) is 1.85. The molecule has 2 amide bonds. The summed E-state index contributed by atoms with van der Waals surface area (Å²) < 4.78 is 0. The van der Waals surface area contributed by atoms with E-state index in [9.17, 15) is 4.79 Å². The topological polar surface area (TPSA) is 53.2 Å². The highest BCUT2D eigenvalue weighted by Crippen LogP contribution is 2.12. The fraction of sp³-hybridized carbons (Fsp3) is 0.364. The van der Waals surface area contributed by atoms with E-state index in [1.54, 1.807) is 24.3 Å². The van der Waals surface area contributed by atoms with Gasteiger partial charge in [0.05, 0.1) is 0 Å². The number of nitrogens with one attached hydrogen (secondary N) is 3. The Labute approximate surface area is 100 Å². The summed E-state index contributed by atoms with van der Waals surface area (Å²) in [5, 5.41) is 9.14. The Morgan fingerprint density at radius 3 is 2.56 bits per heavy atom. The summed E-state index contributed by atoms with van der Waals surface area (Å²) in [6, 6.07) is 6.99. The number of amides is 2. The van der Waals surface area contributed by atoms with Crippen molar-refractivity contribution in [2.45, 2.75) is 13.0 Å². The molecule has 0 fully saturated rings. The zero-order chi connectivity index (χ0) is 12.0. The van der Waals surface area contributed by atoms with Crippen molar-refractivity contribution in [2.75, 3.05) is 18.9 Å². The van der Waals surface area contributed by atoms with Crippen LogP contribution in [0.4, 0.5) is 10.5 Å². The van der Waals surface area contributed by atoms with E-state index in [2.05, 4.69) is 16.0 Å². The highest BCUT2D eigenvalue weighted by molar-refractivity contribution is 6.30.